The molecule has 0 aromatic carbocycles. The van der Waals surface area contributed by atoms with Gasteiger partial charge in [-0.15, -0.1) is 0 Å². The van der Waals surface area contributed by atoms with Crippen molar-refractivity contribution in [2.75, 3.05) is 13.7 Å². The molecule has 1 aromatic heterocycles. The zero-order valence-electron chi connectivity index (χ0n) is 11.3. The van der Waals surface area contributed by atoms with Crippen LogP contribution in [-0.4, -0.2) is 30.7 Å². The van der Waals surface area contributed by atoms with Crippen LogP contribution in [0, 0.1) is 0 Å². The average Bonchev–Trinajstić information content (AvgIpc) is 2.36. The highest BCUT2D eigenvalue weighted by Crippen LogP contribution is 2.17. The van der Waals surface area contributed by atoms with E-state index in [-0.39, 0.29) is 12.0 Å². The van der Waals surface area contributed by atoms with Crippen molar-refractivity contribution in [2.24, 2.45) is 0 Å². The molecular weight excluding hydrogens is 232 g/mol. The van der Waals surface area contributed by atoms with E-state index in [2.05, 4.69) is 10.3 Å². The molecule has 1 aromatic rings. The van der Waals surface area contributed by atoms with Gasteiger partial charge >= 0.3 is 5.97 Å². The van der Waals surface area contributed by atoms with E-state index in [4.69, 9.17) is 9.47 Å². The van der Waals surface area contributed by atoms with Crippen molar-refractivity contribution in [3.05, 3.63) is 23.9 Å². The van der Waals surface area contributed by atoms with Gasteiger partial charge in [0.15, 0.2) is 0 Å². The maximum atomic E-state index is 11.9. The monoisotopic (exact) mass is 252 g/mol. The van der Waals surface area contributed by atoms with E-state index in [1.165, 1.54) is 0 Å². The van der Waals surface area contributed by atoms with Crippen LogP contribution in [-0.2, 0) is 9.53 Å². The molecule has 0 radical (unpaired) electrons. The minimum atomic E-state index is -0.497. The minimum absolute atomic E-state index is 0.168. The van der Waals surface area contributed by atoms with Crippen molar-refractivity contribution in [1.82, 2.24) is 10.3 Å². The molecule has 0 aliphatic heterocycles. The van der Waals surface area contributed by atoms with E-state index in [1.54, 1.807) is 26.3 Å². The molecule has 1 heterocycles. The summed E-state index contributed by atoms with van der Waals surface area (Å²) in [7, 11) is 1.55. The number of hydrogen-bond donors (Lipinski definition) is 1. The first-order chi connectivity index (χ1) is 8.58. The summed E-state index contributed by atoms with van der Waals surface area (Å²) in [4.78, 5) is 16.0. The number of carbonyl (C=O) groups excluding carboxylic acids is 1. The topological polar surface area (TPSA) is 60.5 Å². The zero-order valence-corrected chi connectivity index (χ0v) is 11.3. The Morgan fingerprint density at radius 2 is 2.17 bits per heavy atom. The third-order valence-electron chi connectivity index (χ3n) is 2.32. The van der Waals surface area contributed by atoms with Crippen LogP contribution in [0.25, 0.3) is 0 Å². The highest BCUT2D eigenvalue weighted by Gasteiger charge is 2.22. The first-order valence-corrected chi connectivity index (χ1v) is 6.01. The van der Waals surface area contributed by atoms with Gasteiger partial charge in [-0.05, 0) is 32.4 Å². The van der Waals surface area contributed by atoms with Gasteiger partial charge < -0.3 is 9.47 Å². The highest BCUT2D eigenvalue weighted by molar-refractivity contribution is 5.77. The predicted molar refractivity (Wildman–Crippen MR) is 68.4 cm³/mol. The Morgan fingerprint density at radius 3 is 2.61 bits per heavy atom. The second-order valence-corrected chi connectivity index (χ2v) is 4.14. The van der Waals surface area contributed by atoms with Crippen LogP contribution in [0.3, 0.4) is 0 Å². The van der Waals surface area contributed by atoms with Gasteiger partial charge in [0.2, 0.25) is 5.88 Å². The standard InChI is InChI=1S/C13H20N2O3/c1-5-18-13(16)12(15-9(2)3)10-6-7-11(17-4)14-8-10/h6-9,12,15H,5H2,1-4H3. The lowest BCUT2D eigenvalue weighted by Gasteiger charge is -2.19. The number of hydrogen-bond acceptors (Lipinski definition) is 5. The van der Waals surface area contributed by atoms with Crippen LogP contribution < -0.4 is 10.1 Å². The lowest BCUT2D eigenvalue weighted by atomic mass is 10.1. The molecule has 100 valence electrons. The highest BCUT2D eigenvalue weighted by atomic mass is 16.5. The molecule has 5 heteroatoms. The smallest absolute Gasteiger partial charge is 0.327 e. The number of nitrogens with zero attached hydrogens (tertiary/aromatic N) is 1. The second-order valence-electron chi connectivity index (χ2n) is 4.14. The maximum absolute atomic E-state index is 11.9. The third-order valence-corrected chi connectivity index (χ3v) is 2.32. The summed E-state index contributed by atoms with van der Waals surface area (Å²) in [6.45, 7) is 6.10. The average molecular weight is 252 g/mol. The summed E-state index contributed by atoms with van der Waals surface area (Å²) in [5.41, 5.74) is 0.767. The summed E-state index contributed by atoms with van der Waals surface area (Å²) in [6, 6.07) is 3.21. The van der Waals surface area contributed by atoms with Gasteiger partial charge in [0.1, 0.15) is 6.04 Å². The number of nitrogens with one attached hydrogen (secondary N) is 1. The Hall–Kier alpha value is -1.62. The molecule has 0 bridgehead atoms. The van der Waals surface area contributed by atoms with Crippen LogP contribution in [0.15, 0.2) is 18.3 Å². The molecule has 1 unspecified atom stereocenters. The Kier molecular flexibility index (Phi) is 5.58. The Labute approximate surface area is 108 Å². The van der Waals surface area contributed by atoms with Crippen LogP contribution in [0.1, 0.15) is 32.4 Å². The van der Waals surface area contributed by atoms with Crippen molar-refractivity contribution in [2.45, 2.75) is 32.9 Å². The van der Waals surface area contributed by atoms with Crippen LogP contribution in [0.4, 0.5) is 0 Å². The van der Waals surface area contributed by atoms with Crippen LogP contribution >= 0.6 is 0 Å². The predicted octanol–water partition coefficient (Wildman–Crippen LogP) is 1.69. The molecular formula is C13H20N2O3. The number of methoxy groups -OCH3 is 1. The van der Waals surface area contributed by atoms with Crippen LogP contribution in [0.2, 0.25) is 0 Å². The van der Waals surface area contributed by atoms with E-state index in [9.17, 15) is 4.79 Å². The third kappa shape index (κ3) is 4.00. The van der Waals surface area contributed by atoms with E-state index in [1.807, 2.05) is 19.9 Å². The largest absolute Gasteiger partial charge is 0.481 e. The molecule has 0 spiro atoms. The number of carbonyl (C=O) groups is 1. The first kappa shape index (κ1) is 14.4. The molecule has 0 amide bonds. The fraction of sp³-hybridized carbons (Fsp3) is 0.538. The number of pyridine rings is 1. The molecule has 0 saturated carbocycles. The second kappa shape index (κ2) is 6.96. The molecule has 0 aliphatic carbocycles. The fourth-order valence-corrected chi connectivity index (χ4v) is 1.54. The van der Waals surface area contributed by atoms with Crippen molar-refractivity contribution in [3.8, 4) is 5.88 Å². The molecule has 0 saturated heterocycles. The van der Waals surface area contributed by atoms with Crippen molar-refractivity contribution in [3.63, 3.8) is 0 Å². The molecule has 0 fully saturated rings. The van der Waals surface area contributed by atoms with Gasteiger partial charge in [-0.25, -0.2) is 9.78 Å². The number of rotatable bonds is 6. The van der Waals surface area contributed by atoms with Crippen LogP contribution in [0.5, 0.6) is 5.88 Å². The molecule has 0 aliphatic rings. The van der Waals surface area contributed by atoms with E-state index < -0.39 is 6.04 Å². The minimum Gasteiger partial charge on any atom is -0.481 e. The van der Waals surface area contributed by atoms with Gasteiger partial charge in [0.25, 0.3) is 0 Å². The maximum Gasteiger partial charge on any atom is 0.327 e. The molecule has 1 atom stereocenters. The number of aromatic nitrogens is 1. The lowest BCUT2D eigenvalue weighted by molar-refractivity contribution is -0.146. The van der Waals surface area contributed by atoms with E-state index in [0.717, 1.165) is 5.56 Å². The zero-order chi connectivity index (χ0) is 13.5. The van der Waals surface area contributed by atoms with E-state index in [0.29, 0.717) is 12.5 Å². The summed E-state index contributed by atoms with van der Waals surface area (Å²) < 4.78 is 10.0. The summed E-state index contributed by atoms with van der Waals surface area (Å²) >= 11 is 0. The molecule has 18 heavy (non-hydrogen) atoms. The number of ether oxygens (including phenoxy) is 2. The normalized spacial score (nSPS) is 12.3. The quantitative estimate of drug-likeness (QED) is 0.781. The van der Waals surface area contributed by atoms with E-state index >= 15 is 0 Å². The molecule has 1 N–H and O–H groups in total. The van der Waals surface area contributed by atoms with Gasteiger partial charge in [0.05, 0.1) is 13.7 Å². The van der Waals surface area contributed by atoms with Gasteiger partial charge in [-0.3, -0.25) is 5.32 Å². The summed E-state index contributed by atoms with van der Waals surface area (Å²) in [6.07, 6.45) is 1.62. The molecule has 5 nitrogen and oxygen atoms in total. The van der Waals surface area contributed by atoms with Crippen molar-refractivity contribution >= 4 is 5.97 Å². The van der Waals surface area contributed by atoms with Gasteiger partial charge in [-0.2, -0.15) is 0 Å². The molecule has 1 rings (SSSR count). The summed E-state index contributed by atoms with van der Waals surface area (Å²) in [5.74, 6) is 0.226. The van der Waals surface area contributed by atoms with Crippen molar-refractivity contribution in [1.29, 1.82) is 0 Å². The van der Waals surface area contributed by atoms with Gasteiger partial charge in [0, 0.05) is 18.3 Å². The van der Waals surface area contributed by atoms with Gasteiger partial charge in [-0.1, -0.05) is 0 Å². The lowest BCUT2D eigenvalue weighted by Crippen LogP contribution is -2.34. The number of esters is 1. The van der Waals surface area contributed by atoms with Crippen molar-refractivity contribution < 1.29 is 14.3 Å². The summed E-state index contributed by atoms with van der Waals surface area (Å²) in [5, 5.41) is 3.16. The Bertz CT molecular complexity index is 376. The fourth-order valence-electron chi connectivity index (χ4n) is 1.54. The Balaban J connectivity index is 2.89. The SMILES string of the molecule is CCOC(=O)C(NC(C)C)c1ccc(OC)nc1. The Morgan fingerprint density at radius 1 is 1.44 bits per heavy atom. The first-order valence-electron chi connectivity index (χ1n) is 6.01.